The molecule has 3 N–H and O–H groups in total. The standard InChI is InChI=1S/C57H77F2N7O12/c1-15-34(21-48(69)30(3)63(13)54(73)77-56(7,8)9)52(71)65-28-39(75-32(5)67)24-37(65)26-43-41-19-17-35(58)22-46(41)60-49(43)50-44(42-20-18-36(59)23-47(42)61-50)27-38-25-40(76-33(6)68)29-66(38)53(72)45(16-2)62-51(70)31(4)64(14)55(74)78-57(10,11)12/h17-20,22-23,30-31,34,37-40,45,60-61H,15-16,21,24-29H2,1-14H3,(H,62,70)/t30-,31-,34+,37-,38-,39-,40-,45-/m0/s1. The Morgan fingerprint density at radius 3 is 1.49 bits per heavy atom. The van der Waals surface area contributed by atoms with E-state index < -0.39 is 107 Å². The van der Waals surface area contributed by atoms with Crippen LogP contribution in [-0.2, 0) is 60.6 Å². The van der Waals surface area contributed by atoms with Crippen molar-refractivity contribution in [2.75, 3.05) is 27.2 Å². The van der Waals surface area contributed by atoms with Gasteiger partial charge < -0.3 is 48.9 Å². The molecule has 6 rings (SSSR count). The molecule has 0 aliphatic carbocycles. The number of halogens is 2. The molecule has 0 unspecified atom stereocenters. The summed E-state index contributed by atoms with van der Waals surface area (Å²) >= 11 is 0. The van der Waals surface area contributed by atoms with Crippen molar-refractivity contribution in [1.82, 2.24) is 34.9 Å². The van der Waals surface area contributed by atoms with Gasteiger partial charge in [-0.1, -0.05) is 13.8 Å². The molecule has 21 heteroatoms. The van der Waals surface area contributed by atoms with Crippen molar-refractivity contribution in [3.63, 3.8) is 0 Å². The van der Waals surface area contributed by atoms with Crippen LogP contribution in [0.3, 0.4) is 0 Å². The molecule has 2 aliphatic heterocycles. The molecule has 426 valence electrons. The zero-order valence-electron chi connectivity index (χ0n) is 47.4. The summed E-state index contributed by atoms with van der Waals surface area (Å²) in [6.45, 7) is 19.4. The van der Waals surface area contributed by atoms with Gasteiger partial charge in [-0.05, 0) is 129 Å². The van der Waals surface area contributed by atoms with E-state index in [9.17, 15) is 38.4 Å². The number of carbonyl (C=O) groups excluding carboxylic acids is 8. The molecule has 8 atom stereocenters. The van der Waals surface area contributed by atoms with E-state index in [1.54, 1.807) is 84.2 Å². The number of aromatic amines is 2. The molecular weight excluding hydrogens is 1010 g/mol. The van der Waals surface area contributed by atoms with Gasteiger partial charge in [0, 0.05) is 87.0 Å². The number of benzene rings is 2. The fourth-order valence-electron chi connectivity index (χ4n) is 10.4. The zero-order chi connectivity index (χ0) is 57.9. The number of likely N-dealkylation sites (N-methyl/N-ethyl adjacent to an activating group) is 2. The van der Waals surface area contributed by atoms with Crippen LogP contribution < -0.4 is 5.32 Å². The van der Waals surface area contributed by atoms with Crippen molar-refractivity contribution in [1.29, 1.82) is 0 Å². The lowest BCUT2D eigenvalue weighted by Gasteiger charge is -2.31. The number of rotatable bonds is 18. The second-order valence-electron chi connectivity index (χ2n) is 22.7. The topological polar surface area (TPSA) is 230 Å². The molecule has 0 bridgehead atoms. The quantitative estimate of drug-likeness (QED) is 0.0634. The van der Waals surface area contributed by atoms with Crippen LogP contribution in [0.2, 0.25) is 0 Å². The minimum Gasteiger partial charge on any atom is -0.461 e. The Morgan fingerprint density at radius 2 is 1.09 bits per heavy atom. The predicted octanol–water partition coefficient (Wildman–Crippen LogP) is 8.14. The SMILES string of the molecule is CC[C@H](CC(=O)[C@H](C)N(C)C(=O)OC(C)(C)C)C(=O)N1C[C@@H](OC(C)=O)C[C@H]1Cc1c(-c2[nH]c3cc(F)ccc3c2C[C@@H]2C[C@H](OC(C)=O)CN2C(=O)[C@H](CC)NC(=O)[C@H](C)N(C)C(=O)OC(C)(C)C)[nH]c2cc(F)ccc12. The van der Waals surface area contributed by atoms with Gasteiger partial charge in [-0.2, -0.15) is 0 Å². The monoisotopic (exact) mass is 1090 g/mol. The largest absolute Gasteiger partial charge is 0.461 e. The van der Waals surface area contributed by atoms with Crippen LogP contribution in [0.5, 0.6) is 0 Å². The smallest absolute Gasteiger partial charge is 0.410 e. The zero-order valence-corrected chi connectivity index (χ0v) is 47.4. The van der Waals surface area contributed by atoms with Crippen molar-refractivity contribution < 1.29 is 66.1 Å². The number of hydrogen-bond acceptors (Lipinski definition) is 12. The summed E-state index contributed by atoms with van der Waals surface area (Å²) in [6.07, 6.45) is -1.93. The molecule has 4 aromatic rings. The fraction of sp³-hybridized carbons (Fsp3) is 0.579. The van der Waals surface area contributed by atoms with Gasteiger partial charge in [-0.25, -0.2) is 18.4 Å². The minimum absolute atomic E-state index is 0.00913. The molecule has 2 aliphatic rings. The molecule has 0 spiro atoms. The minimum atomic E-state index is -1.06. The summed E-state index contributed by atoms with van der Waals surface area (Å²) in [7, 11) is 2.89. The molecular formula is C57H77F2N7O12. The van der Waals surface area contributed by atoms with Gasteiger partial charge in [0.05, 0.1) is 30.5 Å². The van der Waals surface area contributed by atoms with Crippen LogP contribution in [-0.4, -0.2) is 158 Å². The number of nitrogens with zero attached hydrogens (tertiary/aromatic N) is 4. The molecule has 4 heterocycles. The molecule has 2 aromatic carbocycles. The summed E-state index contributed by atoms with van der Waals surface area (Å²) in [4.78, 5) is 120. The van der Waals surface area contributed by atoms with E-state index in [1.807, 2.05) is 0 Å². The van der Waals surface area contributed by atoms with E-state index in [4.69, 9.17) is 18.9 Å². The van der Waals surface area contributed by atoms with E-state index >= 15 is 8.78 Å². The first kappa shape index (κ1) is 60.2. The first-order valence-electron chi connectivity index (χ1n) is 26.7. The molecule has 2 saturated heterocycles. The van der Waals surface area contributed by atoms with Crippen LogP contribution in [0.15, 0.2) is 36.4 Å². The third kappa shape index (κ3) is 14.3. The summed E-state index contributed by atoms with van der Waals surface area (Å²) < 4.78 is 52.7. The van der Waals surface area contributed by atoms with Gasteiger partial charge >= 0.3 is 24.1 Å². The number of Topliss-reactive ketones (excluding diaryl/α,β-unsaturated/α-hetero) is 1. The van der Waals surface area contributed by atoms with Crippen LogP contribution in [0.4, 0.5) is 18.4 Å². The number of carbonyl (C=O) groups is 8. The van der Waals surface area contributed by atoms with Crippen molar-refractivity contribution >= 4 is 69.4 Å². The average Bonchev–Trinajstić information content (AvgIpc) is 4.21. The number of ketones is 1. The summed E-state index contributed by atoms with van der Waals surface area (Å²) in [5.41, 5.74) is 1.39. The third-order valence-corrected chi connectivity index (χ3v) is 14.5. The second-order valence-corrected chi connectivity index (χ2v) is 22.7. The first-order valence-corrected chi connectivity index (χ1v) is 26.7. The maximum Gasteiger partial charge on any atom is 0.410 e. The average molecular weight is 1090 g/mol. The fourth-order valence-corrected chi connectivity index (χ4v) is 10.4. The van der Waals surface area contributed by atoms with Crippen LogP contribution in [0, 0.1) is 17.6 Å². The second kappa shape index (κ2) is 24.3. The lowest BCUT2D eigenvalue weighted by atomic mass is 9.93. The number of likely N-dealkylation sites (tertiary alicyclic amines) is 2. The Hall–Kier alpha value is -7.06. The predicted molar refractivity (Wildman–Crippen MR) is 287 cm³/mol. The first-order chi connectivity index (χ1) is 36.4. The third-order valence-electron chi connectivity index (χ3n) is 14.5. The van der Waals surface area contributed by atoms with Gasteiger partial charge in [0.25, 0.3) is 0 Å². The maximum atomic E-state index is 15.2. The number of ether oxygens (including phenoxy) is 4. The number of hydrogen-bond donors (Lipinski definition) is 3. The van der Waals surface area contributed by atoms with Gasteiger partial charge in [-0.3, -0.25) is 33.7 Å². The lowest BCUT2D eigenvalue weighted by Crippen LogP contribution is -2.55. The van der Waals surface area contributed by atoms with Gasteiger partial charge in [0.1, 0.15) is 47.1 Å². The number of amides is 5. The number of H-pyrrole nitrogens is 2. The summed E-state index contributed by atoms with van der Waals surface area (Å²) in [5.74, 6) is -4.75. The highest BCUT2D eigenvalue weighted by Crippen LogP contribution is 2.41. The number of aromatic nitrogens is 2. The Labute approximate surface area is 454 Å². The molecule has 5 amide bonds. The van der Waals surface area contributed by atoms with Crippen LogP contribution >= 0.6 is 0 Å². The normalized spacial score (nSPS) is 19.2. The molecule has 0 radical (unpaired) electrons. The highest BCUT2D eigenvalue weighted by atomic mass is 19.1. The van der Waals surface area contributed by atoms with Crippen LogP contribution in [0.25, 0.3) is 33.2 Å². The van der Waals surface area contributed by atoms with Gasteiger partial charge in [0.15, 0.2) is 5.78 Å². The lowest BCUT2D eigenvalue weighted by molar-refractivity contribution is -0.147. The van der Waals surface area contributed by atoms with Crippen molar-refractivity contribution in [2.24, 2.45) is 5.92 Å². The van der Waals surface area contributed by atoms with Crippen molar-refractivity contribution in [3.05, 3.63) is 59.2 Å². The van der Waals surface area contributed by atoms with E-state index in [0.29, 0.717) is 44.3 Å². The molecule has 0 saturated carbocycles. The van der Waals surface area contributed by atoms with Crippen molar-refractivity contribution in [3.8, 4) is 11.4 Å². The number of fused-ring (bicyclic) bond motifs is 2. The van der Waals surface area contributed by atoms with Gasteiger partial charge in [-0.15, -0.1) is 0 Å². The van der Waals surface area contributed by atoms with Crippen LogP contribution in [0.1, 0.15) is 126 Å². The molecule has 19 nitrogen and oxygen atoms in total. The van der Waals surface area contributed by atoms with Gasteiger partial charge in [0.2, 0.25) is 17.7 Å². The molecule has 78 heavy (non-hydrogen) atoms. The van der Waals surface area contributed by atoms with E-state index in [0.717, 1.165) is 4.90 Å². The Balaban J connectivity index is 1.38. The molecule has 2 fully saturated rings. The summed E-state index contributed by atoms with van der Waals surface area (Å²) in [6, 6.07) is 4.26. The van der Waals surface area contributed by atoms with E-state index in [-0.39, 0.29) is 69.7 Å². The number of esters is 2. The van der Waals surface area contributed by atoms with E-state index in [2.05, 4.69) is 15.3 Å². The maximum absolute atomic E-state index is 15.2. The summed E-state index contributed by atoms with van der Waals surface area (Å²) in [5, 5.41) is 4.01. The molecule has 2 aromatic heterocycles. The highest BCUT2D eigenvalue weighted by Gasteiger charge is 2.43. The Morgan fingerprint density at radius 1 is 0.667 bits per heavy atom. The van der Waals surface area contributed by atoms with E-state index in [1.165, 1.54) is 64.0 Å². The Bertz CT molecular complexity index is 2730. The highest BCUT2D eigenvalue weighted by molar-refractivity contribution is 5.97. The van der Waals surface area contributed by atoms with Crippen molar-refractivity contribution in [2.45, 2.75) is 182 Å². The Kier molecular flexibility index (Phi) is 18.8. The number of nitrogens with one attached hydrogen (secondary N) is 3.